The normalized spacial score (nSPS) is 10.8. The van der Waals surface area contributed by atoms with E-state index >= 15 is 0 Å². The fourth-order valence-electron chi connectivity index (χ4n) is 2.75. The molecular formula is C19H19ClN2O3. The maximum atomic E-state index is 12.7. The summed E-state index contributed by atoms with van der Waals surface area (Å²) < 4.78 is 10.5. The van der Waals surface area contributed by atoms with E-state index in [0.717, 1.165) is 22.2 Å². The molecule has 25 heavy (non-hydrogen) atoms. The summed E-state index contributed by atoms with van der Waals surface area (Å²) >= 11 is 6.15. The number of carbonyl (C=O) groups excluding carboxylic acids is 1. The zero-order valence-corrected chi connectivity index (χ0v) is 15.2. The molecule has 0 aliphatic rings. The van der Waals surface area contributed by atoms with Gasteiger partial charge in [0, 0.05) is 28.2 Å². The average Bonchev–Trinajstić information content (AvgIpc) is 2.89. The van der Waals surface area contributed by atoms with E-state index in [4.69, 9.17) is 21.1 Å². The van der Waals surface area contributed by atoms with Crippen molar-refractivity contribution >= 4 is 34.1 Å². The van der Waals surface area contributed by atoms with Crippen molar-refractivity contribution in [3.05, 3.63) is 52.2 Å². The quantitative estimate of drug-likeness (QED) is 0.710. The predicted molar refractivity (Wildman–Crippen MR) is 100 cm³/mol. The summed E-state index contributed by atoms with van der Waals surface area (Å²) in [5, 5.41) is 4.27. The lowest BCUT2D eigenvalue weighted by molar-refractivity contribution is 0.102. The smallest absolute Gasteiger partial charge is 0.255 e. The van der Waals surface area contributed by atoms with Gasteiger partial charge in [-0.1, -0.05) is 11.6 Å². The van der Waals surface area contributed by atoms with Crippen molar-refractivity contribution in [2.45, 2.75) is 13.8 Å². The molecule has 2 aromatic carbocycles. The van der Waals surface area contributed by atoms with Crippen LogP contribution in [-0.4, -0.2) is 25.1 Å². The highest BCUT2D eigenvalue weighted by atomic mass is 35.5. The van der Waals surface area contributed by atoms with E-state index in [0.29, 0.717) is 27.8 Å². The van der Waals surface area contributed by atoms with Crippen LogP contribution in [0.2, 0.25) is 5.02 Å². The van der Waals surface area contributed by atoms with Gasteiger partial charge in [0.05, 0.1) is 24.9 Å². The molecule has 0 unspecified atom stereocenters. The van der Waals surface area contributed by atoms with Gasteiger partial charge in [-0.15, -0.1) is 0 Å². The molecule has 0 aliphatic carbocycles. The standard InChI is InChI=1S/C19H19ClN2O3/c1-10-11(2)21-15-6-5-12(7-13(10)15)19(23)22-16-8-14(20)17(24-3)9-18(16)25-4/h5-9,21H,1-4H3,(H,22,23). The molecule has 0 atom stereocenters. The summed E-state index contributed by atoms with van der Waals surface area (Å²) in [6, 6.07) is 8.82. The lowest BCUT2D eigenvalue weighted by atomic mass is 10.1. The molecule has 1 aromatic heterocycles. The zero-order valence-electron chi connectivity index (χ0n) is 14.5. The molecule has 0 spiro atoms. The fraction of sp³-hybridized carbons (Fsp3) is 0.211. The minimum absolute atomic E-state index is 0.236. The van der Waals surface area contributed by atoms with Gasteiger partial charge in [-0.3, -0.25) is 4.79 Å². The second-order valence-electron chi connectivity index (χ2n) is 5.78. The summed E-state index contributed by atoms with van der Waals surface area (Å²) in [5.41, 5.74) is 4.28. The number of H-pyrrole nitrogens is 1. The summed E-state index contributed by atoms with van der Waals surface area (Å²) in [5.74, 6) is 0.723. The predicted octanol–water partition coefficient (Wildman–Crippen LogP) is 4.71. The molecule has 1 heterocycles. The molecule has 0 radical (unpaired) electrons. The number of nitrogens with one attached hydrogen (secondary N) is 2. The van der Waals surface area contributed by atoms with Crippen LogP contribution < -0.4 is 14.8 Å². The highest BCUT2D eigenvalue weighted by Crippen LogP contribution is 2.36. The Morgan fingerprint density at radius 1 is 1.08 bits per heavy atom. The molecule has 3 rings (SSSR count). The number of fused-ring (bicyclic) bond motifs is 1. The molecular weight excluding hydrogens is 340 g/mol. The SMILES string of the molecule is COc1cc(OC)c(NC(=O)c2ccc3[nH]c(C)c(C)c3c2)cc1Cl. The topological polar surface area (TPSA) is 63.4 Å². The van der Waals surface area contributed by atoms with Gasteiger partial charge in [-0.25, -0.2) is 0 Å². The van der Waals surface area contributed by atoms with E-state index in [1.807, 2.05) is 26.0 Å². The van der Waals surface area contributed by atoms with Crippen LogP contribution in [0.25, 0.3) is 10.9 Å². The molecule has 130 valence electrons. The number of aromatic amines is 1. The van der Waals surface area contributed by atoms with E-state index in [1.165, 1.54) is 14.2 Å². The van der Waals surface area contributed by atoms with Gasteiger partial charge in [0.2, 0.25) is 0 Å². The maximum Gasteiger partial charge on any atom is 0.255 e. The minimum atomic E-state index is -0.236. The van der Waals surface area contributed by atoms with Crippen LogP contribution >= 0.6 is 11.6 Å². The molecule has 3 aromatic rings. The van der Waals surface area contributed by atoms with E-state index in [1.54, 1.807) is 18.2 Å². The van der Waals surface area contributed by atoms with Crippen molar-refractivity contribution in [1.29, 1.82) is 0 Å². The number of benzene rings is 2. The van der Waals surface area contributed by atoms with Gasteiger partial charge >= 0.3 is 0 Å². The van der Waals surface area contributed by atoms with Crippen molar-refractivity contribution < 1.29 is 14.3 Å². The Morgan fingerprint density at radius 2 is 1.80 bits per heavy atom. The van der Waals surface area contributed by atoms with Crippen LogP contribution in [-0.2, 0) is 0 Å². The number of ether oxygens (including phenoxy) is 2. The molecule has 6 heteroatoms. The molecule has 0 bridgehead atoms. The summed E-state index contributed by atoms with van der Waals surface area (Å²) in [6.45, 7) is 4.04. The van der Waals surface area contributed by atoms with Gasteiger partial charge in [-0.2, -0.15) is 0 Å². The number of amides is 1. The first-order valence-corrected chi connectivity index (χ1v) is 8.14. The number of carbonyl (C=O) groups is 1. The third-order valence-electron chi connectivity index (χ3n) is 4.29. The molecule has 0 fully saturated rings. The third kappa shape index (κ3) is 3.15. The molecule has 0 saturated carbocycles. The monoisotopic (exact) mass is 358 g/mol. The Balaban J connectivity index is 1.94. The summed E-state index contributed by atoms with van der Waals surface area (Å²) in [4.78, 5) is 16.0. The van der Waals surface area contributed by atoms with E-state index in [-0.39, 0.29) is 5.91 Å². The Kier molecular flexibility index (Phi) is 4.59. The van der Waals surface area contributed by atoms with Crippen molar-refractivity contribution in [3.63, 3.8) is 0 Å². The maximum absolute atomic E-state index is 12.7. The van der Waals surface area contributed by atoms with Crippen LogP contribution in [0.5, 0.6) is 11.5 Å². The van der Waals surface area contributed by atoms with Crippen LogP contribution in [0, 0.1) is 13.8 Å². The summed E-state index contributed by atoms with van der Waals surface area (Å²) in [7, 11) is 3.05. The van der Waals surface area contributed by atoms with Crippen molar-refractivity contribution in [2.75, 3.05) is 19.5 Å². The van der Waals surface area contributed by atoms with Crippen LogP contribution in [0.15, 0.2) is 30.3 Å². The van der Waals surface area contributed by atoms with Crippen molar-refractivity contribution in [1.82, 2.24) is 4.98 Å². The first kappa shape index (κ1) is 17.2. The molecule has 0 saturated heterocycles. The van der Waals surface area contributed by atoms with Crippen molar-refractivity contribution in [2.24, 2.45) is 0 Å². The Hall–Kier alpha value is -2.66. The van der Waals surface area contributed by atoms with Crippen molar-refractivity contribution in [3.8, 4) is 11.5 Å². The zero-order chi connectivity index (χ0) is 18.1. The van der Waals surface area contributed by atoms with Crippen LogP contribution in [0.4, 0.5) is 5.69 Å². The third-order valence-corrected chi connectivity index (χ3v) is 4.59. The first-order valence-electron chi connectivity index (χ1n) is 7.76. The number of aromatic nitrogens is 1. The van der Waals surface area contributed by atoms with Gasteiger partial charge in [-0.05, 0) is 43.7 Å². The second kappa shape index (κ2) is 6.69. The second-order valence-corrected chi connectivity index (χ2v) is 6.18. The van der Waals surface area contributed by atoms with Gasteiger partial charge < -0.3 is 19.8 Å². The largest absolute Gasteiger partial charge is 0.495 e. The fourth-order valence-corrected chi connectivity index (χ4v) is 3.00. The Labute approximate surface area is 150 Å². The average molecular weight is 359 g/mol. The Morgan fingerprint density at radius 3 is 2.48 bits per heavy atom. The number of aryl methyl sites for hydroxylation is 2. The molecule has 0 aliphatic heterocycles. The van der Waals surface area contributed by atoms with E-state index < -0.39 is 0 Å². The van der Waals surface area contributed by atoms with Gasteiger partial charge in [0.15, 0.2) is 0 Å². The number of hydrogen-bond donors (Lipinski definition) is 2. The van der Waals surface area contributed by atoms with E-state index in [9.17, 15) is 4.79 Å². The molecule has 2 N–H and O–H groups in total. The van der Waals surface area contributed by atoms with Gasteiger partial charge in [0.1, 0.15) is 11.5 Å². The highest BCUT2D eigenvalue weighted by Gasteiger charge is 2.15. The number of rotatable bonds is 4. The lowest BCUT2D eigenvalue weighted by Gasteiger charge is -2.13. The summed E-state index contributed by atoms with van der Waals surface area (Å²) in [6.07, 6.45) is 0. The number of halogens is 1. The molecule has 1 amide bonds. The van der Waals surface area contributed by atoms with Crippen LogP contribution in [0.1, 0.15) is 21.6 Å². The minimum Gasteiger partial charge on any atom is -0.495 e. The van der Waals surface area contributed by atoms with E-state index in [2.05, 4.69) is 10.3 Å². The van der Waals surface area contributed by atoms with Crippen LogP contribution in [0.3, 0.4) is 0 Å². The highest BCUT2D eigenvalue weighted by molar-refractivity contribution is 6.32. The first-order chi connectivity index (χ1) is 11.9. The number of hydrogen-bond acceptors (Lipinski definition) is 3. The number of methoxy groups -OCH3 is 2. The number of anilines is 1. The molecule has 5 nitrogen and oxygen atoms in total. The Bertz CT molecular complexity index is 963. The van der Waals surface area contributed by atoms with Gasteiger partial charge in [0.25, 0.3) is 5.91 Å². The lowest BCUT2D eigenvalue weighted by Crippen LogP contribution is -2.12.